The van der Waals surface area contributed by atoms with Gasteiger partial charge in [0.15, 0.2) is 0 Å². The molecule has 1 aliphatic carbocycles. The summed E-state index contributed by atoms with van der Waals surface area (Å²) in [5.74, 6) is 0.593. The highest BCUT2D eigenvalue weighted by Gasteiger charge is 2.38. The molecule has 3 heteroatoms. The van der Waals surface area contributed by atoms with Gasteiger partial charge in [-0.2, -0.15) is 0 Å². The lowest BCUT2D eigenvalue weighted by atomic mass is 10.1. The van der Waals surface area contributed by atoms with Gasteiger partial charge in [0.1, 0.15) is 4.99 Å². The Hall–Kier alpha value is -1.87. The monoisotopic (exact) mass is 282 g/mol. The molecule has 2 nitrogen and oxygen atoms in total. The van der Waals surface area contributed by atoms with Crippen LogP contribution < -0.4 is 11.1 Å². The van der Waals surface area contributed by atoms with Gasteiger partial charge in [-0.05, 0) is 30.5 Å². The highest BCUT2D eigenvalue weighted by molar-refractivity contribution is 7.80. The van der Waals surface area contributed by atoms with Crippen LogP contribution in [0.4, 0.5) is 5.69 Å². The first-order chi connectivity index (χ1) is 9.66. The minimum absolute atomic E-state index is 0.452. The van der Waals surface area contributed by atoms with E-state index in [2.05, 4.69) is 48.6 Å². The fraction of sp³-hybridized carbons (Fsp3) is 0.235. The van der Waals surface area contributed by atoms with E-state index in [9.17, 15) is 0 Å². The molecule has 0 aliphatic heterocycles. The van der Waals surface area contributed by atoms with Crippen LogP contribution in [-0.4, -0.2) is 11.0 Å². The van der Waals surface area contributed by atoms with Gasteiger partial charge in [0.05, 0.1) is 0 Å². The van der Waals surface area contributed by atoms with Crippen LogP contribution >= 0.6 is 12.2 Å². The number of aryl methyl sites for hydroxylation is 1. The SMILES string of the molecule is Cc1cccc(C(N)=S)c1NC1CC1c1ccccc1. The maximum atomic E-state index is 5.82. The molecule has 102 valence electrons. The van der Waals surface area contributed by atoms with E-state index < -0.39 is 0 Å². The van der Waals surface area contributed by atoms with Crippen molar-refractivity contribution in [2.45, 2.75) is 25.3 Å². The summed E-state index contributed by atoms with van der Waals surface area (Å²) in [7, 11) is 0. The maximum absolute atomic E-state index is 5.82. The number of para-hydroxylation sites is 1. The van der Waals surface area contributed by atoms with Crippen LogP contribution in [0, 0.1) is 6.92 Å². The van der Waals surface area contributed by atoms with Gasteiger partial charge in [-0.25, -0.2) is 0 Å². The Kier molecular flexibility index (Phi) is 3.45. The van der Waals surface area contributed by atoms with Crippen LogP contribution in [-0.2, 0) is 0 Å². The third kappa shape index (κ3) is 2.54. The summed E-state index contributed by atoms with van der Waals surface area (Å²) in [5.41, 5.74) is 10.4. The van der Waals surface area contributed by atoms with Crippen molar-refractivity contribution in [3.05, 3.63) is 65.2 Å². The Labute approximate surface area is 125 Å². The third-order valence-electron chi connectivity index (χ3n) is 3.89. The molecule has 0 radical (unpaired) electrons. The fourth-order valence-electron chi connectivity index (χ4n) is 2.67. The van der Waals surface area contributed by atoms with Gasteiger partial charge in [-0.1, -0.05) is 54.7 Å². The van der Waals surface area contributed by atoms with E-state index in [1.807, 2.05) is 12.1 Å². The molecule has 2 unspecified atom stereocenters. The van der Waals surface area contributed by atoms with Crippen molar-refractivity contribution in [1.29, 1.82) is 0 Å². The third-order valence-corrected chi connectivity index (χ3v) is 4.11. The Morgan fingerprint density at radius 3 is 2.60 bits per heavy atom. The van der Waals surface area contributed by atoms with Crippen LogP contribution in [0.15, 0.2) is 48.5 Å². The van der Waals surface area contributed by atoms with E-state index in [1.165, 1.54) is 11.1 Å². The van der Waals surface area contributed by atoms with Crippen molar-refractivity contribution in [1.82, 2.24) is 0 Å². The van der Waals surface area contributed by atoms with Crippen LogP contribution in [0.3, 0.4) is 0 Å². The first-order valence-corrected chi connectivity index (χ1v) is 7.28. The van der Waals surface area contributed by atoms with Crippen LogP contribution in [0.5, 0.6) is 0 Å². The number of thiocarbonyl (C=S) groups is 1. The average molecular weight is 282 g/mol. The standard InChI is InChI=1S/C17H18N2S/c1-11-6-5-9-13(17(18)20)16(11)19-15-10-14(15)12-7-3-2-4-8-12/h2-9,14-15,19H,10H2,1H3,(H2,18,20). The summed E-state index contributed by atoms with van der Waals surface area (Å²) < 4.78 is 0. The lowest BCUT2D eigenvalue weighted by Crippen LogP contribution is -2.15. The van der Waals surface area contributed by atoms with Gasteiger partial charge in [0, 0.05) is 23.2 Å². The molecule has 0 amide bonds. The second-order valence-electron chi connectivity index (χ2n) is 5.37. The molecule has 0 heterocycles. The van der Waals surface area contributed by atoms with Gasteiger partial charge in [0.2, 0.25) is 0 Å². The predicted molar refractivity (Wildman–Crippen MR) is 88.3 cm³/mol. The zero-order valence-corrected chi connectivity index (χ0v) is 12.3. The summed E-state index contributed by atoms with van der Waals surface area (Å²) in [6.07, 6.45) is 1.16. The van der Waals surface area contributed by atoms with Crippen molar-refractivity contribution in [3.63, 3.8) is 0 Å². The molecule has 2 aromatic rings. The molecule has 20 heavy (non-hydrogen) atoms. The molecular weight excluding hydrogens is 264 g/mol. The smallest absolute Gasteiger partial charge is 0.106 e. The van der Waals surface area contributed by atoms with Gasteiger partial charge in [0.25, 0.3) is 0 Å². The number of nitrogens with one attached hydrogen (secondary N) is 1. The number of hydrogen-bond donors (Lipinski definition) is 2. The van der Waals surface area contributed by atoms with E-state index >= 15 is 0 Å². The topological polar surface area (TPSA) is 38.0 Å². The molecule has 1 aliphatic rings. The van der Waals surface area contributed by atoms with Crippen molar-refractivity contribution in [2.24, 2.45) is 5.73 Å². The second-order valence-corrected chi connectivity index (χ2v) is 5.81. The minimum atomic E-state index is 0.452. The molecular formula is C17H18N2S. The Morgan fingerprint density at radius 1 is 1.15 bits per heavy atom. The molecule has 2 aromatic carbocycles. The van der Waals surface area contributed by atoms with Crippen molar-refractivity contribution in [2.75, 3.05) is 5.32 Å². The first kappa shape index (κ1) is 13.1. The Bertz CT molecular complexity index is 637. The molecule has 1 saturated carbocycles. The van der Waals surface area contributed by atoms with Crippen molar-refractivity contribution in [3.8, 4) is 0 Å². The highest BCUT2D eigenvalue weighted by atomic mass is 32.1. The molecule has 0 spiro atoms. The first-order valence-electron chi connectivity index (χ1n) is 6.87. The van der Waals surface area contributed by atoms with Crippen molar-refractivity contribution >= 4 is 22.9 Å². The summed E-state index contributed by atoms with van der Waals surface area (Å²) >= 11 is 5.14. The van der Waals surface area contributed by atoms with E-state index in [-0.39, 0.29) is 0 Å². The van der Waals surface area contributed by atoms with Gasteiger partial charge in [-0.15, -0.1) is 0 Å². The minimum Gasteiger partial charge on any atom is -0.389 e. The summed E-state index contributed by atoms with van der Waals surface area (Å²) in [5, 5.41) is 3.62. The van der Waals surface area contributed by atoms with Gasteiger partial charge < -0.3 is 11.1 Å². The normalized spacial score (nSPS) is 20.4. The van der Waals surface area contributed by atoms with Crippen molar-refractivity contribution < 1.29 is 0 Å². The molecule has 2 atom stereocenters. The molecule has 0 bridgehead atoms. The average Bonchev–Trinajstić information content (AvgIpc) is 3.21. The number of rotatable bonds is 4. The molecule has 1 fully saturated rings. The zero-order valence-electron chi connectivity index (χ0n) is 11.5. The zero-order chi connectivity index (χ0) is 14.1. The maximum Gasteiger partial charge on any atom is 0.106 e. The lowest BCUT2D eigenvalue weighted by Gasteiger charge is -2.14. The number of hydrogen-bond acceptors (Lipinski definition) is 2. The van der Waals surface area contributed by atoms with Crippen LogP contribution in [0.25, 0.3) is 0 Å². The predicted octanol–water partition coefficient (Wildman–Crippen LogP) is 3.60. The number of nitrogens with two attached hydrogens (primary N) is 1. The molecule has 3 N–H and O–H groups in total. The molecule has 3 rings (SSSR count). The lowest BCUT2D eigenvalue weighted by molar-refractivity contribution is 1.04. The van der Waals surface area contributed by atoms with E-state index in [4.69, 9.17) is 18.0 Å². The van der Waals surface area contributed by atoms with E-state index in [0.717, 1.165) is 17.7 Å². The second kappa shape index (κ2) is 5.25. The van der Waals surface area contributed by atoms with Crippen LogP contribution in [0.1, 0.15) is 29.0 Å². The van der Waals surface area contributed by atoms with Crippen LogP contribution in [0.2, 0.25) is 0 Å². The quantitative estimate of drug-likeness (QED) is 0.842. The number of anilines is 1. The summed E-state index contributed by atoms with van der Waals surface area (Å²) in [6, 6.07) is 17.2. The number of benzene rings is 2. The molecule has 0 saturated heterocycles. The van der Waals surface area contributed by atoms with E-state index in [1.54, 1.807) is 0 Å². The van der Waals surface area contributed by atoms with E-state index in [0.29, 0.717) is 16.9 Å². The van der Waals surface area contributed by atoms with Gasteiger partial charge in [-0.3, -0.25) is 0 Å². The summed E-state index contributed by atoms with van der Waals surface area (Å²) in [6.45, 7) is 2.09. The fourth-order valence-corrected chi connectivity index (χ4v) is 2.84. The molecule has 0 aromatic heterocycles. The highest BCUT2D eigenvalue weighted by Crippen LogP contribution is 2.43. The Balaban J connectivity index is 1.79. The van der Waals surface area contributed by atoms with Gasteiger partial charge >= 0.3 is 0 Å². The Morgan fingerprint density at radius 2 is 1.90 bits per heavy atom. The largest absolute Gasteiger partial charge is 0.389 e. The summed E-state index contributed by atoms with van der Waals surface area (Å²) in [4.78, 5) is 0.452.